The van der Waals surface area contributed by atoms with Crippen LogP contribution in [0.15, 0.2) is 42.5 Å². The maximum atomic E-state index is 11.6. The average Bonchev–Trinajstić information content (AvgIpc) is 2.39. The van der Waals surface area contributed by atoms with Gasteiger partial charge in [-0.15, -0.1) is 17.0 Å². The summed E-state index contributed by atoms with van der Waals surface area (Å²) < 4.78 is 0. The highest BCUT2D eigenvalue weighted by Crippen LogP contribution is 2.19. The zero-order valence-corrected chi connectivity index (χ0v) is 13.2. The number of carbonyl (C=O) groups is 1. The maximum Gasteiger partial charge on any atom is 0.175 e. The van der Waals surface area contributed by atoms with Gasteiger partial charge < -0.3 is 0 Å². The van der Waals surface area contributed by atoms with Crippen LogP contribution in [0, 0.1) is 6.92 Å². The van der Waals surface area contributed by atoms with Gasteiger partial charge in [0.25, 0.3) is 0 Å². The second-order valence-corrected chi connectivity index (χ2v) is 4.31. The van der Waals surface area contributed by atoms with Crippen LogP contribution in [0.1, 0.15) is 16.1 Å². The molecule has 0 unspecified atom stereocenters. The van der Waals surface area contributed by atoms with Crippen molar-refractivity contribution in [2.24, 2.45) is 0 Å². The first-order valence-corrected chi connectivity index (χ1v) is 6.46. The minimum atomic E-state index is 0. The molecule has 1 aromatic heterocycles. The number of hydrogen-bond acceptors (Lipinski definition) is 2. The first kappa shape index (κ1) is 15.1. The lowest BCUT2D eigenvalue weighted by atomic mass is 10.1. The maximum absolute atomic E-state index is 11.6. The van der Waals surface area contributed by atoms with Crippen molar-refractivity contribution in [3.05, 3.63) is 53.7 Å². The van der Waals surface area contributed by atoms with Crippen molar-refractivity contribution in [2.75, 3.05) is 5.33 Å². The number of rotatable bonds is 3. The molecule has 1 heterocycles. The molecule has 0 radical (unpaired) electrons. The van der Waals surface area contributed by atoms with Gasteiger partial charge >= 0.3 is 0 Å². The van der Waals surface area contributed by atoms with Crippen molar-refractivity contribution in [3.8, 4) is 11.3 Å². The molecule has 4 heteroatoms. The molecule has 94 valence electrons. The topological polar surface area (TPSA) is 30.0 Å². The lowest BCUT2D eigenvalue weighted by Gasteiger charge is -2.05. The smallest absolute Gasteiger partial charge is 0.175 e. The minimum Gasteiger partial charge on any atom is -0.293 e. The predicted octanol–water partition coefficient (Wildman–Crippen LogP) is 4.21. The zero-order chi connectivity index (χ0) is 12.3. The first-order valence-electron chi connectivity index (χ1n) is 5.34. The quantitative estimate of drug-likeness (QED) is 0.598. The van der Waals surface area contributed by atoms with Gasteiger partial charge in [0.15, 0.2) is 5.78 Å². The SMILES string of the molecule is Br.Cc1nc(-c2ccccc2)ccc1C(=O)CBr. The molecule has 0 saturated carbocycles. The highest BCUT2D eigenvalue weighted by atomic mass is 79.9. The third kappa shape index (κ3) is 3.27. The van der Waals surface area contributed by atoms with Crippen molar-refractivity contribution < 1.29 is 4.79 Å². The van der Waals surface area contributed by atoms with Crippen molar-refractivity contribution in [1.82, 2.24) is 4.98 Å². The second kappa shape index (κ2) is 6.81. The van der Waals surface area contributed by atoms with Crippen LogP contribution in [0.25, 0.3) is 11.3 Å². The molecular weight excluding hydrogens is 358 g/mol. The Morgan fingerprint density at radius 3 is 2.39 bits per heavy atom. The molecule has 0 aliphatic carbocycles. The van der Waals surface area contributed by atoms with Gasteiger partial charge in [-0.25, -0.2) is 0 Å². The van der Waals surface area contributed by atoms with E-state index in [4.69, 9.17) is 0 Å². The van der Waals surface area contributed by atoms with E-state index in [1.165, 1.54) is 0 Å². The molecule has 0 atom stereocenters. The number of halogens is 2. The third-order valence-corrected chi connectivity index (χ3v) is 3.09. The average molecular weight is 371 g/mol. The van der Waals surface area contributed by atoms with Crippen molar-refractivity contribution in [2.45, 2.75) is 6.92 Å². The highest BCUT2D eigenvalue weighted by molar-refractivity contribution is 9.09. The molecule has 2 rings (SSSR count). The monoisotopic (exact) mass is 369 g/mol. The van der Waals surface area contributed by atoms with E-state index in [-0.39, 0.29) is 22.8 Å². The summed E-state index contributed by atoms with van der Waals surface area (Å²) in [4.78, 5) is 16.1. The van der Waals surface area contributed by atoms with E-state index in [0.717, 1.165) is 17.0 Å². The molecule has 0 aliphatic heterocycles. The Morgan fingerprint density at radius 2 is 1.83 bits per heavy atom. The van der Waals surface area contributed by atoms with Gasteiger partial charge in [0, 0.05) is 16.8 Å². The van der Waals surface area contributed by atoms with Crippen LogP contribution in [0.3, 0.4) is 0 Å². The van der Waals surface area contributed by atoms with Crippen LogP contribution >= 0.6 is 32.9 Å². The van der Waals surface area contributed by atoms with Crippen molar-refractivity contribution >= 4 is 38.7 Å². The molecule has 2 aromatic rings. The van der Waals surface area contributed by atoms with E-state index >= 15 is 0 Å². The van der Waals surface area contributed by atoms with E-state index < -0.39 is 0 Å². The van der Waals surface area contributed by atoms with Crippen LogP contribution in [0.5, 0.6) is 0 Å². The van der Waals surface area contributed by atoms with E-state index in [2.05, 4.69) is 20.9 Å². The summed E-state index contributed by atoms with van der Waals surface area (Å²) in [5.74, 6) is 0.0645. The number of hydrogen-bond donors (Lipinski definition) is 0. The summed E-state index contributed by atoms with van der Waals surface area (Å²) in [7, 11) is 0. The summed E-state index contributed by atoms with van der Waals surface area (Å²) in [6, 6.07) is 13.7. The van der Waals surface area contributed by atoms with Crippen LogP contribution in [-0.4, -0.2) is 16.1 Å². The van der Waals surface area contributed by atoms with Gasteiger partial charge in [-0.3, -0.25) is 9.78 Å². The van der Waals surface area contributed by atoms with Crippen molar-refractivity contribution in [3.63, 3.8) is 0 Å². The van der Waals surface area contributed by atoms with Crippen LogP contribution in [0.2, 0.25) is 0 Å². The fraction of sp³-hybridized carbons (Fsp3) is 0.143. The molecule has 0 fully saturated rings. The zero-order valence-electron chi connectivity index (χ0n) is 9.89. The molecule has 0 amide bonds. The predicted molar refractivity (Wildman–Crippen MR) is 82.9 cm³/mol. The molecule has 0 N–H and O–H groups in total. The lowest BCUT2D eigenvalue weighted by Crippen LogP contribution is -2.04. The number of carbonyl (C=O) groups excluding carboxylic acids is 1. The molecule has 1 aromatic carbocycles. The second-order valence-electron chi connectivity index (χ2n) is 3.75. The number of alkyl halides is 1. The highest BCUT2D eigenvalue weighted by Gasteiger charge is 2.09. The van der Waals surface area contributed by atoms with Crippen LogP contribution in [0.4, 0.5) is 0 Å². The van der Waals surface area contributed by atoms with Gasteiger partial charge in [0.2, 0.25) is 0 Å². The summed E-state index contributed by atoms with van der Waals surface area (Å²) in [5.41, 5.74) is 3.42. The van der Waals surface area contributed by atoms with Gasteiger partial charge in [0.05, 0.1) is 11.0 Å². The molecule has 0 spiro atoms. The Kier molecular flexibility index (Phi) is 5.69. The number of benzene rings is 1. The number of nitrogens with zero attached hydrogens (tertiary/aromatic N) is 1. The fourth-order valence-corrected chi connectivity index (χ4v) is 2.00. The normalized spacial score (nSPS) is 9.67. The van der Waals surface area contributed by atoms with Gasteiger partial charge in [-0.1, -0.05) is 46.3 Å². The van der Waals surface area contributed by atoms with Gasteiger partial charge in [-0.05, 0) is 19.1 Å². The summed E-state index contributed by atoms with van der Waals surface area (Å²) in [6.45, 7) is 1.86. The Balaban J connectivity index is 0.00000162. The first-order chi connectivity index (χ1) is 8.22. The minimum absolute atomic E-state index is 0. The molecule has 0 aliphatic rings. The van der Waals surface area contributed by atoms with E-state index in [1.807, 2.05) is 49.4 Å². The van der Waals surface area contributed by atoms with Crippen LogP contribution in [-0.2, 0) is 0 Å². The molecule has 0 bridgehead atoms. The van der Waals surface area contributed by atoms with E-state index in [0.29, 0.717) is 10.9 Å². The van der Waals surface area contributed by atoms with E-state index in [9.17, 15) is 4.79 Å². The molecular formula is C14H13Br2NO. The Labute approximate surface area is 125 Å². The standard InChI is InChI=1S/C14H12BrNO.BrH/c1-10-12(14(17)9-15)7-8-13(16-10)11-5-3-2-4-6-11;/h2-8H,9H2,1H3;1H. The third-order valence-electron chi connectivity index (χ3n) is 2.58. The Morgan fingerprint density at radius 1 is 1.17 bits per heavy atom. The van der Waals surface area contributed by atoms with Crippen molar-refractivity contribution in [1.29, 1.82) is 0 Å². The molecule has 2 nitrogen and oxygen atoms in total. The number of Topliss-reactive ketones (excluding diaryl/α,β-unsaturated/α-hetero) is 1. The number of aromatic nitrogens is 1. The fourth-order valence-electron chi connectivity index (χ4n) is 1.70. The Hall–Kier alpha value is -1.000. The van der Waals surface area contributed by atoms with Gasteiger partial charge in [-0.2, -0.15) is 0 Å². The number of pyridine rings is 1. The summed E-state index contributed by atoms with van der Waals surface area (Å²) in [6.07, 6.45) is 0. The van der Waals surface area contributed by atoms with Gasteiger partial charge in [0.1, 0.15) is 0 Å². The number of ketones is 1. The summed E-state index contributed by atoms with van der Waals surface area (Å²) in [5, 5.41) is 0.334. The largest absolute Gasteiger partial charge is 0.293 e. The number of aryl methyl sites for hydroxylation is 1. The Bertz CT molecular complexity index is 541. The van der Waals surface area contributed by atoms with E-state index in [1.54, 1.807) is 0 Å². The van der Waals surface area contributed by atoms with Crippen LogP contribution < -0.4 is 0 Å². The lowest BCUT2D eigenvalue weighted by molar-refractivity contribution is 0.102. The summed E-state index contributed by atoms with van der Waals surface area (Å²) >= 11 is 3.17. The molecule has 18 heavy (non-hydrogen) atoms. The molecule has 0 saturated heterocycles.